The van der Waals surface area contributed by atoms with Crippen LogP contribution in [0.25, 0.3) is 0 Å². The van der Waals surface area contributed by atoms with E-state index in [1.807, 2.05) is 0 Å². The normalized spacial score (nSPS) is 11.0. The number of azo groups is 1. The minimum absolute atomic E-state index is 0.112. The largest absolute Gasteiger partial charge is 0.506 e. The zero-order valence-corrected chi connectivity index (χ0v) is 9.01. The average molecular weight is 250 g/mol. The van der Waals surface area contributed by atoms with Crippen molar-refractivity contribution in [1.29, 1.82) is 0 Å². The highest BCUT2D eigenvalue weighted by molar-refractivity contribution is 5.53. The maximum absolute atomic E-state index is 12.9. The summed E-state index contributed by atoms with van der Waals surface area (Å²) in [5, 5.41) is 25.9. The van der Waals surface area contributed by atoms with E-state index in [0.717, 1.165) is 36.4 Å². The van der Waals surface area contributed by atoms with Gasteiger partial charge in [0.1, 0.15) is 34.5 Å². The molecule has 92 valence electrons. The molecule has 0 fully saturated rings. The van der Waals surface area contributed by atoms with Crippen LogP contribution in [0.1, 0.15) is 0 Å². The molecule has 2 rings (SSSR count). The summed E-state index contributed by atoms with van der Waals surface area (Å²) >= 11 is 0. The molecule has 18 heavy (non-hydrogen) atoms. The predicted molar refractivity (Wildman–Crippen MR) is 60.3 cm³/mol. The van der Waals surface area contributed by atoms with Crippen molar-refractivity contribution in [1.82, 2.24) is 0 Å². The minimum atomic E-state index is -0.592. The first-order valence-corrected chi connectivity index (χ1v) is 4.95. The maximum Gasteiger partial charge on any atom is 0.143 e. The quantitative estimate of drug-likeness (QED) is 0.796. The third-order valence-corrected chi connectivity index (χ3v) is 2.14. The van der Waals surface area contributed by atoms with Gasteiger partial charge in [-0.15, -0.1) is 10.2 Å². The number of benzene rings is 2. The lowest BCUT2D eigenvalue weighted by Gasteiger charge is -1.99. The Hall–Kier alpha value is -2.50. The Labute approximate surface area is 101 Å². The fourth-order valence-corrected chi connectivity index (χ4v) is 1.26. The summed E-state index contributed by atoms with van der Waals surface area (Å²) in [6.45, 7) is 0. The number of phenolic OH excluding ortho intramolecular Hbond substituents is 2. The fraction of sp³-hybridized carbons (Fsp3) is 0. The van der Waals surface area contributed by atoms with Crippen molar-refractivity contribution in [3.63, 3.8) is 0 Å². The summed E-state index contributed by atoms with van der Waals surface area (Å²) in [7, 11) is 0. The van der Waals surface area contributed by atoms with Gasteiger partial charge in [-0.25, -0.2) is 8.78 Å². The third kappa shape index (κ3) is 2.60. The van der Waals surface area contributed by atoms with Crippen LogP contribution in [0, 0.1) is 11.6 Å². The van der Waals surface area contributed by atoms with Crippen LogP contribution in [0.5, 0.6) is 11.5 Å². The molecule has 0 aliphatic rings. The maximum atomic E-state index is 12.9. The lowest BCUT2D eigenvalue weighted by Crippen LogP contribution is -1.75. The first kappa shape index (κ1) is 12.0. The first-order chi connectivity index (χ1) is 8.56. The molecule has 0 aliphatic heterocycles. The average Bonchev–Trinajstić information content (AvgIpc) is 2.34. The zero-order valence-electron chi connectivity index (χ0n) is 9.01. The van der Waals surface area contributed by atoms with E-state index in [2.05, 4.69) is 10.2 Å². The van der Waals surface area contributed by atoms with Crippen LogP contribution in [0.3, 0.4) is 0 Å². The molecule has 0 bridgehead atoms. The number of phenols is 2. The summed E-state index contributed by atoms with van der Waals surface area (Å²) < 4.78 is 25.8. The number of hydrogen-bond donors (Lipinski definition) is 2. The molecule has 2 N–H and O–H groups in total. The lowest BCUT2D eigenvalue weighted by molar-refractivity contribution is 0.471. The van der Waals surface area contributed by atoms with E-state index in [9.17, 15) is 19.0 Å². The van der Waals surface area contributed by atoms with Crippen LogP contribution in [0.4, 0.5) is 20.2 Å². The second-order valence-corrected chi connectivity index (χ2v) is 3.47. The van der Waals surface area contributed by atoms with Crippen LogP contribution in [0.15, 0.2) is 46.6 Å². The van der Waals surface area contributed by atoms with Crippen molar-refractivity contribution in [2.45, 2.75) is 0 Å². The molecule has 4 nitrogen and oxygen atoms in total. The molecule has 2 aromatic carbocycles. The molecule has 0 atom stereocenters. The van der Waals surface area contributed by atoms with Crippen LogP contribution in [-0.2, 0) is 0 Å². The number of aromatic hydroxyl groups is 2. The number of hydrogen-bond acceptors (Lipinski definition) is 4. The van der Waals surface area contributed by atoms with E-state index >= 15 is 0 Å². The SMILES string of the molecule is Oc1ccc(F)cc1N=Nc1cc(F)ccc1O. The van der Waals surface area contributed by atoms with E-state index in [4.69, 9.17) is 0 Å². The Morgan fingerprint density at radius 2 is 1.11 bits per heavy atom. The zero-order chi connectivity index (χ0) is 13.1. The van der Waals surface area contributed by atoms with Crippen molar-refractivity contribution < 1.29 is 19.0 Å². The van der Waals surface area contributed by atoms with E-state index in [0.29, 0.717) is 0 Å². The molecule has 0 unspecified atom stereocenters. The molecule has 0 amide bonds. The highest BCUT2D eigenvalue weighted by Gasteiger charge is 2.04. The Morgan fingerprint density at radius 3 is 1.50 bits per heavy atom. The Morgan fingerprint density at radius 1 is 0.722 bits per heavy atom. The van der Waals surface area contributed by atoms with Gasteiger partial charge < -0.3 is 10.2 Å². The van der Waals surface area contributed by atoms with Crippen molar-refractivity contribution in [3.05, 3.63) is 48.0 Å². The van der Waals surface area contributed by atoms with Crippen LogP contribution < -0.4 is 0 Å². The number of rotatable bonds is 2. The Bertz CT molecular complexity index is 562. The van der Waals surface area contributed by atoms with Gasteiger partial charge in [-0.3, -0.25) is 0 Å². The highest BCUT2D eigenvalue weighted by Crippen LogP contribution is 2.32. The van der Waals surface area contributed by atoms with Gasteiger partial charge in [0.05, 0.1) is 0 Å². The Balaban J connectivity index is 2.35. The Kier molecular flexibility index (Phi) is 3.18. The predicted octanol–water partition coefficient (Wildman–Crippen LogP) is 3.79. The summed E-state index contributed by atoms with van der Waals surface area (Å²) in [5.41, 5.74) is -0.225. The molecule has 0 saturated carbocycles. The van der Waals surface area contributed by atoms with Gasteiger partial charge in [0.25, 0.3) is 0 Å². The molecule has 0 aromatic heterocycles. The van der Waals surface area contributed by atoms with E-state index in [1.54, 1.807) is 0 Å². The topological polar surface area (TPSA) is 65.2 Å². The van der Waals surface area contributed by atoms with E-state index in [-0.39, 0.29) is 22.9 Å². The fourth-order valence-electron chi connectivity index (χ4n) is 1.26. The molecule has 0 heterocycles. The van der Waals surface area contributed by atoms with Crippen LogP contribution in [0.2, 0.25) is 0 Å². The lowest BCUT2D eigenvalue weighted by atomic mass is 10.3. The highest BCUT2D eigenvalue weighted by atomic mass is 19.1. The van der Waals surface area contributed by atoms with Gasteiger partial charge in [0, 0.05) is 12.1 Å². The van der Waals surface area contributed by atoms with E-state index in [1.165, 1.54) is 0 Å². The summed E-state index contributed by atoms with van der Waals surface area (Å²) in [6, 6.07) is 6.30. The van der Waals surface area contributed by atoms with Gasteiger partial charge in [0.2, 0.25) is 0 Å². The summed E-state index contributed by atoms with van der Waals surface area (Å²) in [5.74, 6) is -1.72. The molecule has 0 aliphatic carbocycles. The molecule has 6 heteroatoms. The standard InChI is InChI=1S/C12H8F2N2O2/c13-7-1-3-11(17)9(5-7)15-16-10-6-8(14)2-4-12(10)18/h1-6,17-18H. The third-order valence-electron chi connectivity index (χ3n) is 2.14. The smallest absolute Gasteiger partial charge is 0.143 e. The van der Waals surface area contributed by atoms with Crippen molar-refractivity contribution >= 4 is 11.4 Å². The summed E-state index contributed by atoms with van der Waals surface area (Å²) in [4.78, 5) is 0. The van der Waals surface area contributed by atoms with Gasteiger partial charge in [0.15, 0.2) is 0 Å². The molecular weight excluding hydrogens is 242 g/mol. The number of halogens is 2. The number of nitrogens with zero attached hydrogens (tertiary/aromatic N) is 2. The first-order valence-electron chi connectivity index (χ1n) is 4.95. The minimum Gasteiger partial charge on any atom is -0.506 e. The molecular formula is C12H8F2N2O2. The van der Waals surface area contributed by atoms with Crippen LogP contribution in [-0.4, -0.2) is 10.2 Å². The van der Waals surface area contributed by atoms with Crippen LogP contribution >= 0.6 is 0 Å². The molecule has 0 spiro atoms. The monoisotopic (exact) mass is 250 g/mol. The van der Waals surface area contributed by atoms with Gasteiger partial charge in [-0.1, -0.05) is 0 Å². The molecule has 0 saturated heterocycles. The molecule has 0 radical (unpaired) electrons. The van der Waals surface area contributed by atoms with Gasteiger partial charge in [-0.2, -0.15) is 0 Å². The van der Waals surface area contributed by atoms with Gasteiger partial charge in [-0.05, 0) is 24.3 Å². The van der Waals surface area contributed by atoms with E-state index < -0.39 is 11.6 Å². The second kappa shape index (κ2) is 4.79. The van der Waals surface area contributed by atoms with Crippen molar-refractivity contribution in [2.75, 3.05) is 0 Å². The summed E-state index contributed by atoms with van der Waals surface area (Å²) in [6.07, 6.45) is 0. The molecule has 2 aromatic rings. The van der Waals surface area contributed by atoms with Crippen molar-refractivity contribution in [2.24, 2.45) is 10.2 Å². The second-order valence-electron chi connectivity index (χ2n) is 3.47. The van der Waals surface area contributed by atoms with Crippen molar-refractivity contribution in [3.8, 4) is 11.5 Å². The van der Waals surface area contributed by atoms with Gasteiger partial charge >= 0.3 is 0 Å².